The molecule has 0 spiro atoms. The second-order valence-corrected chi connectivity index (χ2v) is 4.08. The van der Waals surface area contributed by atoms with Gasteiger partial charge in [-0.2, -0.15) is 0 Å². The maximum Gasteiger partial charge on any atom is 0.0804 e. The fourth-order valence-corrected chi connectivity index (χ4v) is 2.20. The molecule has 0 saturated heterocycles. The van der Waals surface area contributed by atoms with Crippen LogP contribution < -0.4 is 11.3 Å². The number of nitrogens with two attached hydrogens (primary N) is 1. The van der Waals surface area contributed by atoms with E-state index in [0.717, 1.165) is 29.8 Å². The highest BCUT2D eigenvalue weighted by atomic mass is 32.1. The Hall–Kier alpha value is -0.960. The summed E-state index contributed by atoms with van der Waals surface area (Å²) in [6.45, 7) is 2.12. The van der Waals surface area contributed by atoms with E-state index in [1.807, 2.05) is 0 Å². The lowest BCUT2D eigenvalue weighted by Crippen LogP contribution is -2.28. The zero-order chi connectivity index (χ0) is 11.1. The van der Waals surface area contributed by atoms with E-state index in [-0.39, 0.29) is 6.04 Å². The SMILES string of the molecule is C#CCCC(NN)c1snnc1CCC. The third-order valence-electron chi connectivity index (χ3n) is 2.17. The monoisotopic (exact) mass is 224 g/mol. The maximum atomic E-state index is 5.50. The Labute approximate surface area is 94.4 Å². The van der Waals surface area contributed by atoms with Gasteiger partial charge in [0.1, 0.15) is 0 Å². The molecule has 1 heterocycles. The van der Waals surface area contributed by atoms with Crippen LogP contribution in [0.5, 0.6) is 0 Å². The Morgan fingerprint density at radius 3 is 3.07 bits per heavy atom. The normalized spacial score (nSPS) is 12.3. The average molecular weight is 224 g/mol. The number of nitrogens with zero attached hydrogens (tertiary/aromatic N) is 2. The van der Waals surface area contributed by atoms with E-state index in [1.165, 1.54) is 11.5 Å². The molecule has 0 aromatic carbocycles. The highest BCUT2D eigenvalue weighted by Gasteiger charge is 2.16. The van der Waals surface area contributed by atoms with Crippen LogP contribution in [0, 0.1) is 12.3 Å². The summed E-state index contributed by atoms with van der Waals surface area (Å²) in [5.41, 5.74) is 3.82. The average Bonchev–Trinajstić information content (AvgIpc) is 2.68. The van der Waals surface area contributed by atoms with Crippen molar-refractivity contribution in [1.82, 2.24) is 15.0 Å². The first-order valence-corrected chi connectivity index (χ1v) is 5.81. The lowest BCUT2D eigenvalue weighted by Gasteiger charge is -2.12. The van der Waals surface area contributed by atoms with E-state index in [9.17, 15) is 0 Å². The molecule has 0 aliphatic heterocycles. The fraction of sp³-hybridized carbons (Fsp3) is 0.600. The van der Waals surface area contributed by atoms with E-state index in [2.05, 4.69) is 27.9 Å². The van der Waals surface area contributed by atoms with Crippen molar-refractivity contribution in [3.05, 3.63) is 10.6 Å². The van der Waals surface area contributed by atoms with Gasteiger partial charge in [-0.3, -0.25) is 11.3 Å². The number of hydrogen-bond acceptors (Lipinski definition) is 5. The summed E-state index contributed by atoms with van der Waals surface area (Å²) in [4.78, 5) is 1.12. The number of rotatable bonds is 6. The molecule has 1 aromatic rings. The van der Waals surface area contributed by atoms with Crippen LogP contribution in [0.25, 0.3) is 0 Å². The fourth-order valence-electron chi connectivity index (χ4n) is 1.41. The van der Waals surface area contributed by atoms with Crippen LogP contribution in [-0.2, 0) is 6.42 Å². The Morgan fingerprint density at radius 1 is 1.67 bits per heavy atom. The summed E-state index contributed by atoms with van der Waals surface area (Å²) in [6.07, 6.45) is 8.77. The quantitative estimate of drug-likeness (QED) is 0.435. The third kappa shape index (κ3) is 3.27. The van der Waals surface area contributed by atoms with Crippen molar-refractivity contribution in [2.24, 2.45) is 5.84 Å². The topological polar surface area (TPSA) is 63.8 Å². The first-order chi connectivity index (χ1) is 7.33. The minimum absolute atomic E-state index is 0.0857. The van der Waals surface area contributed by atoms with Gasteiger partial charge >= 0.3 is 0 Å². The molecule has 1 unspecified atom stereocenters. The minimum atomic E-state index is 0.0857. The highest BCUT2D eigenvalue weighted by Crippen LogP contribution is 2.24. The lowest BCUT2D eigenvalue weighted by atomic mass is 10.1. The Balaban J connectivity index is 2.72. The molecule has 4 nitrogen and oxygen atoms in total. The van der Waals surface area contributed by atoms with Crippen LogP contribution in [-0.4, -0.2) is 9.59 Å². The van der Waals surface area contributed by atoms with E-state index in [0.29, 0.717) is 6.42 Å². The predicted molar refractivity (Wildman–Crippen MR) is 62.0 cm³/mol. The maximum absolute atomic E-state index is 5.50. The van der Waals surface area contributed by atoms with E-state index >= 15 is 0 Å². The molecule has 0 amide bonds. The number of aromatic nitrogens is 2. The van der Waals surface area contributed by atoms with Gasteiger partial charge in [0.2, 0.25) is 0 Å². The van der Waals surface area contributed by atoms with Gasteiger partial charge in [-0.25, -0.2) is 0 Å². The van der Waals surface area contributed by atoms with Gasteiger partial charge in [0.15, 0.2) is 0 Å². The van der Waals surface area contributed by atoms with E-state index < -0.39 is 0 Å². The van der Waals surface area contributed by atoms with Crippen molar-refractivity contribution < 1.29 is 0 Å². The van der Waals surface area contributed by atoms with Gasteiger partial charge in [0.25, 0.3) is 0 Å². The largest absolute Gasteiger partial charge is 0.271 e. The summed E-state index contributed by atoms with van der Waals surface area (Å²) in [6, 6.07) is 0.0857. The zero-order valence-corrected chi connectivity index (χ0v) is 9.68. The molecule has 0 radical (unpaired) electrons. The Bertz CT molecular complexity index is 328. The molecular weight excluding hydrogens is 208 g/mol. The first kappa shape index (κ1) is 12.1. The van der Waals surface area contributed by atoms with E-state index in [1.54, 1.807) is 0 Å². The van der Waals surface area contributed by atoms with Crippen LogP contribution in [0.3, 0.4) is 0 Å². The lowest BCUT2D eigenvalue weighted by molar-refractivity contribution is 0.526. The molecular formula is C10H16N4S. The molecule has 0 saturated carbocycles. The Kier molecular flexibility index (Phi) is 5.26. The second kappa shape index (κ2) is 6.51. The minimum Gasteiger partial charge on any atom is -0.271 e. The number of hydrogen-bond donors (Lipinski definition) is 2. The number of nitrogens with one attached hydrogen (secondary N) is 1. The molecule has 0 fully saturated rings. The zero-order valence-electron chi connectivity index (χ0n) is 8.86. The van der Waals surface area contributed by atoms with E-state index in [4.69, 9.17) is 12.3 Å². The summed E-state index contributed by atoms with van der Waals surface area (Å²) >= 11 is 1.40. The molecule has 0 aliphatic carbocycles. The van der Waals surface area contributed by atoms with Crippen LogP contribution in [0.1, 0.15) is 42.8 Å². The standard InChI is InChI=1S/C10H16N4S/c1-3-5-7-8(12-11)10-9(6-4-2)13-14-15-10/h1,8,12H,4-7,11H2,2H3. The summed E-state index contributed by atoms with van der Waals surface area (Å²) in [5, 5.41) is 4.10. The van der Waals surface area contributed by atoms with Crippen LogP contribution in [0.2, 0.25) is 0 Å². The van der Waals surface area contributed by atoms with Gasteiger partial charge in [0, 0.05) is 6.42 Å². The molecule has 15 heavy (non-hydrogen) atoms. The molecule has 1 aromatic heterocycles. The molecule has 1 atom stereocenters. The summed E-state index contributed by atoms with van der Waals surface area (Å²) in [5.74, 6) is 8.12. The van der Waals surface area contributed by atoms with Crippen molar-refractivity contribution in [3.8, 4) is 12.3 Å². The first-order valence-electron chi connectivity index (χ1n) is 5.04. The van der Waals surface area contributed by atoms with Crippen molar-refractivity contribution >= 4 is 11.5 Å². The number of hydrazine groups is 1. The smallest absolute Gasteiger partial charge is 0.0804 e. The van der Waals surface area contributed by atoms with Gasteiger partial charge < -0.3 is 0 Å². The summed E-state index contributed by atoms with van der Waals surface area (Å²) < 4.78 is 3.96. The van der Waals surface area contributed by atoms with Gasteiger partial charge in [-0.15, -0.1) is 17.4 Å². The van der Waals surface area contributed by atoms with Crippen LogP contribution >= 0.6 is 11.5 Å². The Morgan fingerprint density at radius 2 is 2.47 bits per heavy atom. The molecule has 3 N–H and O–H groups in total. The van der Waals surface area contributed by atoms with Crippen LogP contribution in [0.4, 0.5) is 0 Å². The summed E-state index contributed by atoms with van der Waals surface area (Å²) in [7, 11) is 0. The number of aryl methyl sites for hydroxylation is 1. The molecule has 5 heteroatoms. The van der Waals surface area contributed by atoms with Crippen LogP contribution in [0.15, 0.2) is 0 Å². The van der Waals surface area contributed by atoms with Gasteiger partial charge in [0.05, 0.1) is 16.6 Å². The van der Waals surface area contributed by atoms with Crippen molar-refractivity contribution in [2.45, 2.75) is 38.6 Å². The predicted octanol–water partition coefficient (Wildman–Crippen LogP) is 1.41. The highest BCUT2D eigenvalue weighted by molar-refractivity contribution is 7.05. The van der Waals surface area contributed by atoms with Gasteiger partial charge in [-0.1, -0.05) is 17.8 Å². The molecule has 82 valence electrons. The second-order valence-electron chi connectivity index (χ2n) is 3.30. The number of terminal acetylenes is 1. The third-order valence-corrected chi connectivity index (χ3v) is 3.05. The molecule has 0 bridgehead atoms. The van der Waals surface area contributed by atoms with Crippen molar-refractivity contribution in [3.63, 3.8) is 0 Å². The molecule has 1 rings (SSSR count). The van der Waals surface area contributed by atoms with Gasteiger partial charge in [-0.05, 0) is 24.4 Å². The van der Waals surface area contributed by atoms with Crippen molar-refractivity contribution in [2.75, 3.05) is 0 Å². The van der Waals surface area contributed by atoms with Crippen molar-refractivity contribution in [1.29, 1.82) is 0 Å². The molecule has 0 aliphatic rings.